The molecular weight excluding hydrogens is 393 g/mol. The molecule has 2 aliphatic rings. The number of aromatic carboxylic acids is 2. The Labute approximate surface area is 169 Å². The first-order valence-corrected chi connectivity index (χ1v) is 8.78. The standard InChI is InChI=1S/C22H14FNO6/c23-16-7-15-19(8-17(16)24)30-18-5-10(9-25)1-3-13(18)20(15)12-4-2-11(21(26)27)6-14(12)22(28)29/h1-10H,24H2,(H,26,27)(H,28,29). The SMILES string of the molecule is Nc1cc2c(cc1F)C(c1ccc(C(=O)O)cc1C(=O)O)=C1C=CC(C=O)C=C1O2. The lowest BCUT2D eigenvalue weighted by atomic mass is 9.84. The molecule has 0 fully saturated rings. The lowest BCUT2D eigenvalue weighted by Gasteiger charge is -2.28. The topological polar surface area (TPSA) is 127 Å². The minimum Gasteiger partial charge on any atom is -0.478 e. The van der Waals surface area contributed by atoms with Crippen molar-refractivity contribution in [1.82, 2.24) is 0 Å². The van der Waals surface area contributed by atoms with E-state index in [1.807, 2.05) is 0 Å². The van der Waals surface area contributed by atoms with Gasteiger partial charge in [-0.3, -0.25) is 0 Å². The molecule has 4 N–H and O–H groups in total. The molecule has 0 saturated heterocycles. The Hall–Kier alpha value is -4.20. The Morgan fingerprint density at radius 1 is 1.10 bits per heavy atom. The number of carbonyl (C=O) groups is 3. The maximum absolute atomic E-state index is 14.3. The predicted molar refractivity (Wildman–Crippen MR) is 105 cm³/mol. The summed E-state index contributed by atoms with van der Waals surface area (Å²) in [7, 11) is 0. The number of ether oxygens (including phenoxy) is 1. The van der Waals surface area contributed by atoms with Crippen LogP contribution in [0.1, 0.15) is 31.8 Å². The second-order valence-electron chi connectivity index (χ2n) is 6.73. The molecular formula is C22H14FNO6. The van der Waals surface area contributed by atoms with Gasteiger partial charge in [-0.25, -0.2) is 14.0 Å². The Kier molecular flexibility index (Phi) is 4.46. The van der Waals surface area contributed by atoms with Crippen molar-refractivity contribution < 1.29 is 33.7 Å². The molecule has 30 heavy (non-hydrogen) atoms. The molecule has 1 heterocycles. The van der Waals surface area contributed by atoms with Crippen molar-refractivity contribution in [3.05, 3.63) is 88.0 Å². The first-order valence-electron chi connectivity index (χ1n) is 8.78. The van der Waals surface area contributed by atoms with E-state index < -0.39 is 23.7 Å². The van der Waals surface area contributed by atoms with Gasteiger partial charge in [0.2, 0.25) is 0 Å². The van der Waals surface area contributed by atoms with E-state index in [1.54, 1.807) is 18.2 Å². The number of carbonyl (C=O) groups excluding carboxylic acids is 1. The van der Waals surface area contributed by atoms with Gasteiger partial charge in [0.15, 0.2) is 0 Å². The summed E-state index contributed by atoms with van der Waals surface area (Å²) in [5, 5.41) is 18.9. The lowest BCUT2D eigenvalue weighted by Crippen LogP contribution is -2.16. The number of fused-ring (bicyclic) bond motifs is 2. The van der Waals surface area contributed by atoms with Crippen LogP contribution in [0, 0.1) is 11.7 Å². The monoisotopic (exact) mass is 407 g/mol. The van der Waals surface area contributed by atoms with Gasteiger partial charge in [-0.2, -0.15) is 0 Å². The Morgan fingerprint density at radius 3 is 2.53 bits per heavy atom. The van der Waals surface area contributed by atoms with E-state index in [2.05, 4.69) is 0 Å². The number of anilines is 1. The predicted octanol–water partition coefficient (Wildman–Crippen LogP) is 3.27. The van der Waals surface area contributed by atoms with Crippen LogP contribution in [0.4, 0.5) is 10.1 Å². The molecule has 0 spiro atoms. The van der Waals surface area contributed by atoms with Gasteiger partial charge in [-0.05, 0) is 29.8 Å². The summed E-state index contributed by atoms with van der Waals surface area (Å²) in [5.74, 6) is -3.40. The average molecular weight is 407 g/mol. The summed E-state index contributed by atoms with van der Waals surface area (Å²) in [6.45, 7) is 0. The first-order chi connectivity index (χ1) is 14.3. The van der Waals surface area contributed by atoms with Gasteiger partial charge in [0.25, 0.3) is 0 Å². The number of halogens is 1. The van der Waals surface area contributed by atoms with Crippen LogP contribution in [0.3, 0.4) is 0 Å². The van der Waals surface area contributed by atoms with E-state index in [4.69, 9.17) is 10.5 Å². The molecule has 0 saturated carbocycles. The number of aldehydes is 1. The fourth-order valence-corrected chi connectivity index (χ4v) is 3.46. The summed E-state index contributed by atoms with van der Waals surface area (Å²) in [4.78, 5) is 34.4. The molecule has 1 unspecified atom stereocenters. The van der Waals surface area contributed by atoms with Crippen molar-refractivity contribution in [2.24, 2.45) is 5.92 Å². The maximum atomic E-state index is 14.3. The van der Waals surface area contributed by atoms with Crippen molar-refractivity contribution in [2.75, 3.05) is 5.73 Å². The molecule has 0 bridgehead atoms. The summed E-state index contributed by atoms with van der Waals surface area (Å²) in [6.07, 6.45) is 5.46. The zero-order chi connectivity index (χ0) is 21.6. The molecule has 0 aromatic heterocycles. The number of rotatable bonds is 4. The molecule has 7 nitrogen and oxygen atoms in total. The van der Waals surface area contributed by atoms with Crippen LogP contribution in [0.5, 0.6) is 5.75 Å². The van der Waals surface area contributed by atoms with Crippen LogP contribution >= 0.6 is 0 Å². The third-order valence-corrected chi connectivity index (χ3v) is 4.88. The molecule has 8 heteroatoms. The highest BCUT2D eigenvalue weighted by molar-refractivity contribution is 6.02. The van der Waals surface area contributed by atoms with Gasteiger partial charge < -0.3 is 25.5 Å². The van der Waals surface area contributed by atoms with Crippen molar-refractivity contribution in [1.29, 1.82) is 0 Å². The van der Waals surface area contributed by atoms with Gasteiger partial charge in [-0.15, -0.1) is 0 Å². The quantitative estimate of drug-likeness (QED) is 0.524. The van der Waals surface area contributed by atoms with Crippen LogP contribution in [-0.2, 0) is 4.79 Å². The van der Waals surface area contributed by atoms with E-state index in [1.165, 1.54) is 18.2 Å². The van der Waals surface area contributed by atoms with Crippen LogP contribution in [-0.4, -0.2) is 28.4 Å². The van der Waals surface area contributed by atoms with Gasteiger partial charge in [0, 0.05) is 22.8 Å². The van der Waals surface area contributed by atoms with Crippen molar-refractivity contribution in [2.45, 2.75) is 0 Å². The first kappa shape index (κ1) is 19.1. The van der Waals surface area contributed by atoms with Crippen molar-refractivity contribution in [3.8, 4) is 5.75 Å². The van der Waals surface area contributed by atoms with E-state index in [0.717, 1.165) is 12.1 Å². The Balaban J connectivity index is 2.06. The zero-order valence-electron chi connectivity index (χ0n) is 15.3. The second kappa shape index (κ2) is 7.00. The minimum atomic E-state index is -1.35. The van der Waals surface area contributed by atoms with Gasteiger partial charge >= 0.3 is 11.9 Å². The van der Waals surface area contributed by atoms with Crippen LogP contribution in [0.2, 0.25) is 0 Å². The second-order valence-corrected chi connectivity index (χ2v) is 6.73. The molecule has 1 aliphatic carbocycles. The lowest BCUT2D eigenvalue weighted by molar-refractivity contribution is -0.109. The Morgan fingerprint density at radius 2 is 1.87 bits per heavy atom. The average Bonchev–Trinajstić information content (AvgIpc) is 2.72. The van der Waals surface area contributed by atoms with Crippen molar-refractivity contribution in [3.63, 3.8) is 0 Å². The number of nitrogen functional groups attached to an aromatic ring is 1. The van der Waals surface area contributed by atoms with Gasteiger partial charge in [0.1, 0.15) is 23.6 Å². The highest BCUT2D eigenvalue weighted by Gasteiger charge is 2.30. The number of benzene rings is 2. The fraction of sp³-hybridized carbons (Fsp3) is 0.0455. The molecule has 0 radical (unpaired) electrons. The van der Waals surface area contributed by atoms with Crippen LogP contribution in [0.25, 0.3) is 5.57 Å². The van der Waals surface area contributed by atoms with E-state index >= 15 is 0 Å². The van der Waals surface area contributed by atoms with E-state index in [0.29, 0.717) is 23.2 Å². The summed E-state index contributed by atoms with van der Waals surface area (Å²) in [5.41, 5.74) is 6.24. The Bertz CT molecular complexity index is 1220. The maximum Gasteiger partial charge on any atom is 0.336 e. The molecule has 150 valence electrons. The van der Waals surface area contributed by atoms with E-state index in [-0.39, 0.29) is 33.7 Å². The number of nitrogens with two attached hydrogens (primary N) is 1. The molecule has 1 atom stereocenters. The number of hydrogen-bond acceptors (Lipinski definition) is 5. The normalized spacial score (nSPS) is 16.8. The summed E-state index contributed by atoms with van der Waals surface area (Å²) in [6, 6.07) is 6.09. The van der Waals surface area contributed by atoms with Gasteiger partial charge in [-0.1, -0.05) is 18.2 Å². The number of allylic oxidation sites excluding steroid dienone is 3. The molecule has 2 aromatic rings. The molecule has 2 aromatic carbocycles. The molecule has 1 aliphatic heterocycles. The third kappa shape index (κ3) is 3.04. The fourth-order valence-electron chi connectivity index (χ4n) is 3.46. The molecule has 0 amide bonds. The number of carboxylic acids is 2. The van der Waals surface area contributed by atoms with E-state index in [9.17, 15) is 29.0 Å². The van der Waals surface area contributed by atoms with Crippen molar-refractivity contribution >= 4 is 29.5 Å². The summed E-state index contributed by atoms with van der Waals surface area (Å²) < 4.78 is 20.1. The largest absolute Gasteiger partial charge is 0.478 e. The molecule has 4 rings (SSSR count). The van der Waals surface area contributed by atoms with Crippen LogP contribution in [0.15, 0.2) is 59.9 Å². The smallest absolute Gasteiger partial charge is 0.336 e. The van der Waals surface area contributed by atoms with Crippen LogP contribution < -0.4 is 10.5 Å². The highest BCUT2D eigenvalue weighted by atomic mass is 19.1. The highest BCUT2D eigenvalue weighted by Crippen LogP contribution is 2.45. The minimum absolute atomic E-state index is 0.157. The third-order valence-electron chi connectivity index (χ3n) is 4.88. The summed E-state index contributed by atoms with van der Waals surface area (Å²) >= 11 is 0. The number of carboxylic acid groups (broad SMARTS) is 2. The zero-order valence-corrected chi connectivity index (χ0v) is 15.3. The number of hydrogen-bond donors (Lipinski definition) is 3. The van der Waals surface area contributed by atoms with Gasteiger partial charge in [0.05, 0.1) is 22.7 Å².